The Morgan fingerprint density at radius 1 is 0.865 bits per heavy atom. The lowest BCUT2D eigenvalue weighted by molar-refractivity contribution is -0.142. The van der Waals surface area contributed by atoms with Crippen LogP contribution in [0, 0.1) is 5.92 Å². The Labute approximate surface area is 216 Å². The lowest BCUT2D eigenvalue weighted by atomic mass is 9.75. The molecule has 2 unspecified atom stereocenters. The zero-order chi connectivity index (χ0) is 26.0. The van der Waals surface area contributed by atoms with Gasteiger partial charge in [0.15, 0.2) is 5.78 Å². The van der Waals surface area contributed by atoms with Crippen LogP contribution in [0.3, 0.4) is 0 Å². The van der Waals surface area contributed by atoms with Gasteiger partial charge in [-0.15, -0.1) is 0 Å². The maximum atomic E-state index is 13.6. The van der Waals surface area contributed by atoms with Crippen LogP contribution < -0.4 is 0 Å². The van der Waals surface area contributed by atoms with E-state index >= 15 is 0 Å². The van der Waals surface area contributed by atoms with Gasteiger partial charge in [-0.05, 0) is 29.5 Å². The summed E-state index contributed by atoms with van der Waals surface area (Å²) in [6.07, 6.45) is 1.31. The maximum Gasteiger partial charge on any atom is 0.240 e. The highest BCUT2D eigenvalue weighted by molar-refractivity contribution is 6.10. The van der Waals surface area contributed by atoms with Gasteiger partial charge >= 0.3 is 0 Å². The average Bonchev–Trinajstić information content (AvgIpc) is 3.17. The summed E-state index contributed by atoms with van der Waals surface area (Å²) in [5.74, 6) is -1.08. The number of Topliss-reactive ketones (excluding diaryl/α,β-unsaturated/α-hetero) is 1. The van der Waals surface area contributed by atoms with E-state index in [0.29, 0.717) is 24.2 Å². The van der Waals surface area contributed by atoms with Crippen molar-refractivity contribution in [2.45, 2.75) is 31.1 Å². The summed E-state index contributed by atoms with van der Waals surface area (Å²) in [7, 11) is 1.48. The summed E-state index contributed by atoms with van der Waals surface area (Å²) < 4.78 is 0. The molecule has 2 atom stereocenters. The molecule has 3 aromatic rings. The van der Waals surface area contributed by atoms with Gasteiger partial charge in [0.1, 0.15) is 0 Å². The fourth-order valence-electron chi connectivity index (χ4n) is 5.59. The molecule has 0 radical (unpaired) electrons. The summed E-state index contributed by atoms with van der Waals surface area (Å²) in [5, 5.41) is 0. The van der Waals surface area contributed by atoms with E-state index in [1.54, 1.807) is 17.0 Å². The fraction of sp³-hybridized carbons (Fsp3) is 0.290. The molecular formula is C31H30N2O4. The molecule has 0 aliphatic carbocycles. The van der Waals surface area contributed by atoms with Crippen molar-refractivity contribution in [1.82, 2.24) is 9.80 Å². The topological polar surface area (TPSA) is 74.8 Å². The molecule has 0 spiro atoms. The number of likely N-dealkylation sites (tertiary alicyclic amines) is 2. The molecule has 3 amide bonds. The van der Waals surface area contributed by atoms with Crippen molar-refractivity contribution < 1.29 is 19.2 Å². The second kappa shape index (κ2) is 10.1. The Bertz CT molecular complexity index is 1320. The van der Waals surface area contributed by atoms with E-state index in [1.165, 1.54) is 7.05 Å². The molecule has 2 fully saturated rings. The van der Waals surface area contributed by atoms with Crippen molar-refractivity contribution in [2.24, 2.45) is 5.92 Å². The standard InChI is InChI=1S/C31H30N2O4/c1-32-27(34)19-31(30(32)37,26-16-14-23(15-17-26)22-9-4-2-5-10-22)20-28(35)33-18-8-13-25(21-33)29(36)24-11-6-3-7-12-24/h2-7,9-12,14-17,25H,8,13,18-21H2,1H3. The molecule has 2 heterocycles. The van der Waals surface area contributed by atoms with E-state index in [9.17, 15) is 19.2 Å². The summed E-state index contributed by atoms with van der Waals surface area (Å²) in [6.45, 7) is 0.867. The minimum absolute atomic E-state index is 0.0381. The minimum Gasteiger partial charge on any atom is -0.342 e. The quantitative estimate of drug-likeness (QED) is 0.374. The highest BCUT2D eigenvalue weighted by Gasteiger charge is 2.53. The van der Waals surface area contributed by atoms with Crippen molar-refractivity contribution in [3.05, 3.63) is 96.1 Å². The van der Waals surface area contributed by atoms with Crippen LogP contribution in [0.5, 0.6) is 0 Å². The maximum absolute atomic E-state index is 13.6. The van der Waals surface area contributed by atoms with Gasteiger partial charge < -0.3 is 4.90 Å². The van der Waals surface area contributed by atoms with Crippen molar-refractivity contribution in [3.63, 3.8) is 0 Å². The second-order valence-electron chi connectivity index (χ2n) is 10.0. The van der Waals surface area contributed by atoms with Gasteiger partial charge in [0, 0.05) is 44.5 Å². The number of benzene rings is 3. The number of carbonyl (C=O) groups is 4. The molecule has 188 valence electrons. The molecule has 3 aromatic carbocycles. The molecule has 6 heteroatoms. The van der Waals surface area contributed by atoms with Crippen LogP contribution in [0.25, 0.3) is 11.1 Å². The van der Waals surface area contributed by atoms with Crippen molar-refractivity contribution >= 4 is 23.5 Å². The Balaban J connectivity index is 1.39. The normalized spacial score (nSPS) is 21.8. The fourth-order valence-corrected chi connectivity index (χ4v) is 5.59. The van der Waals surface area contributed by atoms with Crippen molar-refractivity contribution in [3.8, 4) is 11.1 Å². The first kappa shape index (κ1) is 24.6. The van der Waals surface area contributed by atoms with Crippen molar-refractivity contribution in [2.75, 3.05) is 20.1 Å². The number of rotatable bonds is 6. The van der Waals surface area contributed by atoms with Crippen LogP contribution in [0.2, 0.25) is 0 Å². The third-order valence-electron chi connectivity index (χ3n) is 7.74. The molecule has 6 nitrogen and oxygen atoms in total. The number of hydrogen-bond acceptors (Lipinski definition) is 4. The van der Waals surface area contributed by atoms with Crippen molar-refractivity contribution in [1.29, 1.82) is 0 Å². The highest BCUT2D eigenvalue weighted by atomic mass is 16.2. The third-order valence-corrected chi connectivity index (χ3v) is 7.74. The number of nitrogens with zero attached hydrogens (tertiary/aromatic N) is 2. The summed E-state index contributed by atoms with van der Waals surface area (Å²) in [6, 6.07) is 26.6. The molecule has 2 aliphatic rings. The number of ketones is 1. The Morgan fingerprint density at radius 3 is 2.11 bits per heavy atom. The van der Waals surface area contributed by atoms with E-state index < -0.39 is 5.41 Å². The number of carbonyl (C=O) groups excluding carboxylic acids is 4. The van der Waals surface area contributed by atoms with E-state index in [1.807, 2.05) is 72.8 Å². The minimum atomic E-state index is -1.24. The predicted octanol–water partition coefficient (Wildman–Crippen LogP) is 4.49. The van der Waals surface area contributed by atoms with E-state index in [2.05, 4.69) is 0 Å². The number of likely N-dealkylation sites (N-methyl/N-ethyl adjacent to an activating group) is 1. The summed E-state index contributed by atoms with van der Waals surface area (Å²) >= 11 is 0. The molecular weight excluding hydrogens is 464 g/mol. The zero-order valence-electron chi connectivity index (χ0n) is 20.9. The van der Waals surface area contributed by atoms with Gasteiger partial charge in [-0.3, -0.25) is 24.1 Å². The van der Waals surface area contributed by atoms with Gasteiger partial charge in [0.2, 0.25) is 17.7 Å². The van der Waals surface area contributed by atoms with Crippen LogP contribution in [-0.4, -0.2) is 53.4 Å². The first-order chi connectivity index (χ1) is 17.9. The number of amides is 3. The Morgan fingerprint density at radius 2 is 1.49 bits per heavy atom. The lowest BCUT2D eigenvalue weighted by Gasteiger charge is -2.35. The Kier molecular flexibility index (Phi) is 6.74. The largest absolute Gasteiger partial charge is 0.342 e. The first-order valence-electron chi connectivity index (χ1n) is 12.7. The lowest BCUT2D eigenvalue weighted by Crippen LogP contribution is -2.46. The van der Waals surface area contributed by atoms with Crippen LogP contribution in [0.1, 0.15) is 41.6 Å². The first-order valence-corrected chi connectivity index (χ1v) is 12.7. The summed E-state index contributed by atoms with van der Waals surface area (Å²) in [5.41, 5.74) is 2.11. The molecule has 5 rings (SSSR count). The van der Waals surface area contributed by atoms with Gasteiger partial charge in [-0.1, -0.05) is 84.9 Å². The SMILES string of the molecule is CN1C(=O)CC(CC(=O)N2CCCC(C(=O)c3ccccc3)C2)(c2ccc(-c3ccccc3)cc2)C1=O. The van der Waals surface area contributed by atoms with Gasteiger partial charge in [0.05, 0.1) is 5.41 Å². The predicted molar refractivity (Wildman–Crippen MR) is 141 cm³/mol. The number of hydrogen-bond donors (Lipinski definition) is 0. The molecule has 0 aromatic heterocycles. The monoisotopic (exact) mass is 494 g/mol. The van der Waals surface area contributed by atoms with Gasteiger partial charge in [-0.2, -0.15) is 0 Å². The smallest absolute Gasteiger partial charge is 0.240 e. The van der Waals surface area contributed by atoms with Crippen LogP contribution in [0.4, 0.5) is 0 Å². The van der Waals surface area contributed by atoms with E-state index in [-0.39, 0.29) is 42.3 Å². The van der Waals surface area contributed by atoms with Crippen LogP contribution in [0.15, 0.2) is 84.9 Å². The number of imide groups is 1. The van der Waals surface area contributed by atoms with Crippen LogP contribution in [-0.2, 0) is 19.8 Å². The Hall–Kier alpha value is -4.06. The van der Waals surface area contributed by atoms with Gasteiger partial charge in [0.25, 0.3) is 0 Å². The van der Waals surface area contributed by atoms with E-state index in [4.69, 9.17) is 0 Å². The molecule has 0 saturated carbocycles. The van der Waals surface area contributed by atoms with Gasteiger partial charge in [-0.25, -0.2) is 0 Å². The van der Waals surface area contributed by atoms with E-state index in [0.717, 1.165) is 28.9 Å². The molecule has 0 bridgehead atoms. The second-order valence-corrected chi connectivity index (χ2v) is 10.0. The molecule has 2 saturated heterocycles. The number of piperidine rings is 1. The third kappa shape index (κ3) is 4.71. The average molecular weight is 495 g/mol. The molecule has 0 N–H and O–H groups in total. The summed E-state index contributed by atoms with van der Waals surface area (Å²) in [4.78, 5) is 55.6. The zero-order valence-corrected chi connectivity index (χ0v) is 20.9. The molecule has 37 heavy (non-hydrogen) atoms. The van der Waals surface area contributed by atoms with Crippen LogP contribution >= 0.6 is 0 Å². The highest BCUT2D eigenvalue weighted by Crippen LogP contribution is 2.41. The molecule has 2 aliphatic heterocycles.